The Morgan fingerprint density at radius 3 is 2.42 bits per heavy atom. The fraction of sp³-hybridized carbons (Fsp3) is 0.846. The summed E-state index contributed by atoms with van der Waals surface area (Å²) in [6.45, 7) is 6.94. The second-order valence-electron chi connectivity index (χ2n) is 5.27. The van der Waals surface area contributed by atoms with Crippen molar-refractivity contribution < 1.29 is 14.3 Å². The number of carbonyl (C=O) groups excluding carboxylic acids is 2. The molecule has 2 N–H and O–H groups in total. The summed E-state index contributed by atoms with van der Waals surface area (Å²) in [4.78, 5) is 23.0. The van der Waals surface area contributed by atoms with E-state index in [1.165, 1.54) is 12.8 Å². The van der Waals surface area contributed by atoms with Crippen molar-refractivity contribution in [3.8, 4) is 0 Å². The number of nitrogens with one attached hydrogen (secondary N) is 2. The first-order chi connectivity index (χ1) is 8.49. The molecule has 0 aromatic rings. The Labute approximate surface area is 121 Å². The molecule has 1 unspecified atom stereocenters. The molecule has 1 saturated carbocycles. The minimum Gasteiger partial charge on any atom is -0.463 e. The smallest absolute Gasteiger partial charge is 0.310 e. The van der Waals surface area contributed by atoms with Gasteiger partial charge in [-0.05, 0) is 39.2 Å². The first-order valence-electron chi connectivity index (χ1n) is 6.67. The first kappa shape index (κ1) is 18.2. The molecule has 5 nitrogen and oxygen atoms in total. The summed E-state index contributed by atoms with van der Waals surface area (Å²) >= 11 is 0. The van der Waals surface area contributed by atoms with E-state index in [4.69, 9.17) is 4.74 Å². The van der Waals surface area contributed by atoms with Crippen LogP contribution < -0.4 is 10.6 Å². The lowest BCUT2D eigenvalue weighted by atomic mass is 10.2. The topological polar surface area (TPSA) is 67.4 Å². The normalized spacial score (nSPS) is 15.6. The van der Waals surface area contributed by atoms with Crippen molar-refractivity contribution in [1.82, 2.24) is 10.6 Å². The molecule has 6 heteroatoms. The van der Waals surface area contributed by atoms with Crippen LogP contribution in [0.2, 0.25) is 0 Å². The van der Waals surface area contributed by atoms with E-state index < -0.39 is 0 Å². The molecule has 0 radical (unpaired) electrons. The van der Waals surface area contributed by atoms with Crippen molar-refractivity contribution in [3.05, 3.63) is 0 Å². The quantitative estimate of drug-likeness (QED) is 0.658. The van der Waals surface area contributed by atoms with Gasteiger partial charge in [-0.2, -0.15) is 0 Å². The molecular weight excluding hydrogens is 268 g/mol. The molecule has 0 aromatic heterocycles. The number of hydrogen-bond acceptors (Lipinski definition) is 4. The van der Waals surface area contributed by atoms with Crippen LogP contribution in [0.3, 0.4) is 0 Å². The highest BCUT2D eigenvalue weighted by Gasteiger charge is 2.21. The van der Waals surface area contributed by atoms with Crippen LogP contribution in [0.4, 0.5) is 0 Å². The van der Waals surface area contributed by atoms with Gasteiger partial charge in [-0.25, -0.2) is 0 Å². The number of halogens is 1. The zero-order chi connectivity index (χ0) is 13.5. The van der Waals surface area contributed by atoms with Gasteiger partial charge in [0.2, 0.25) is 5.91 Å². The number of carbonyl (C=O) groups is 2. The van der Waals surface area contributed by atoms with Crippen LogP contribution in [0, 0.1) is 11.8 Å². The third-order valence-corrected chi connectivity index (χ3v) is 2.78. The maximum Gasteiger partial charge on any atom is 0.310 e. The van der Waals surface area contributed by atoms with Crippen molar-refractivity contribution in [2.75, 3.05) is 19.6 Å². The molecule has 0 spiro atoms. The number of esters is 1. The van der Waals surface area contributed by atoms with Crippen LogP contribution in [0.15, 0.2) is 0 Å². The highest BCUT2D eigenvalue weighted by atomic mass is 35.5. The maximum atomic E-state index is 11.5. The fourth-order valence-corrected chi connectivity index (χ4v) is 1.47. The summed E-state index contributed by atoms with van der Waals surface area (Å²) in [6, 6.07) is 0. The van der Waals surface area contributed by atoms with Crippen molar-refractivity contribution in [2.45, 2.75) is 39.7 Å². The largest absolute Gasteiger partial charge is 0.463 e. The molecule has 19 heavy (non-hydrogen) atoms. The van der Waals surface area contributed by atoms with E-state index in [0.29, 0.717) is 13.1 Å². The predicted octanol–water partition coefficient (Wildman–Crippen LogP) is 1.11. The Kier molecular flexibility index (Phi) is 8.76. The Morgan fingerprint density at radius 1 is 1.26 bits per heavy atom. The summed E-state index contributed by atoms with van der Waals surface area (Å²) in [7, 11) is 0. The first-order valence-corrected chi connectivity index (χ1v) is 6.67. The monoisotopic (exact) mass is 292 g/mol. The summed E-state index contributed by atoms with van der Waals surface area (Å²) in [5.41, 5.74) is 0. The van der Waals surface area contributed by atoms with Gasteiger partial charge in [-0.15, -0.1) is 12.4 Å². The highest BCUT2D eigenvalue weighted by Crippen LogP contribution is 2.27. The van der Waals surface area contributed by atoms with E-state index in [1.807, 2.05) is 13.8 Å². The molecule has 1 aliphatic carbocycles. The van der Waals surface area contributed by atoms with E-state index in [9.17, 15) is 9.59 Å². The van der Waals surface area contributed by atoms with Gasteiger partial charge < -0.3 is 15.4 Å². The summed E-state index contributed by atoms with van der Waals surface area (Å²) < 4.78 is 5.06. The van der Waals surface area contributed by atoms with E-state index >= 15 is 0 Å². The Balaban J connectivity index is 0.00000324. The Hall–Kier alpha value is -0.810. The van der Waals surface area contributed by atoms with E-state index in [-0.39, 0.29) is 36.3 Å². The molecule has 112 valence electrons. The third kappa shape index (κ3) is 8.83. The van der Waals surface area contributed by atoms with Crippen molar-refractivity contribution in [2.24, 2.45) is 11.8 Å². The molecule has 0 heterocycles. The maximum absolute atomic E-state index is 11.5. The Bertz CT molecular complexity index is 294. The van der Waals surface area contributed by atoms with Crippen molar-refractivity contribution in [3.63, 3.8) is 0 Å². The lowest BCUT2D eigenvalue weighted by molar-refractivity contribution is -0.151. The molecule has 0 bridgehead atoms. The molecule has 1 atom stereocenters. The molecule has 1 rings (SSSR count). The molecule has 0 saturated heterocycles. The van der Waals surface area contributed by atoms with E-state index in [0.717, 1.165) is 12.5 Å². The second kappa shape index (κ2) is 9.15. The van der Waals surface area contributed by atoms with Crippen LogP contribution in [0.1, 0.15) is 33.6 Å². The minimum absolute atomic E-state index is 0. The number of amides is 1. The van der Waals surface area contributed by atoms with Crippen LogP contribution in [-0.4, -0.2) is 37.6 Å². The van der Waals surface area contributed by atoms with Crippen LogP contribution in [0.25, 0.3) is 0 Å². The zero-order valence-electron chi connectivity index (χ0n) is 11.9. The lowest BCUT2D eigenvalue weighted by Gasteiger charge is -2.14. The van der Waals surface area contributed by atoms with E-state index in [1.54, 1.807) is 6.92 Å². The molecular formula is C13H25ClN2O3. The summed E-state index contributed by atoms with van der Waals surface area (Å²) in [5, 5.41) is 5.83. The van der Waals surface area contributed by atoms with E-state index in [2.05, 4.69) is 10.6 Å². The van der Waals surface area contributed by atoms with Gasteiger partial charge in [0.05, 0.1) is 18.6 Å². The van der Waals surface area contributed by atoms with Crippen LogP contribution in [0.5, 0.6) is 0 Å². The van der Waals surface area contributed by atoms with Crippen LogP contribution >= 0.6 is 12.4 Å². The van der Waals surface area contributed by atoms with Crippen molar-refractivity contribution >= 4 is 24.3 Å². The average molecular weight is 293 g/mol. The van der Waals surface area contributed by atoms with Crippen LogP contribution in [-0.2, 0) is 14.3 Å². The predicted molar refractivity (Wildman–Crippen MR) is 76.2 cm³/mol. The van der Waals surface area contributed by atoms with Gasteiger partial charge in [0, 0.05) is 6.54 Å². The molecule has 0 aliphatic heterocycles. The standard InChI is InChI=1S/C13H24N2O3.ClH/c1-9(2)18-13(17)10(3)6-15-12(16)8-14-7-11-4-5-11;/h9-11,14H,4-8H2,1-3H3,(H,15,16);1H. The lowest BCUT2D eigenvalue weighted by Crippen LogP contribution is -2.38. The van der Waals surface area contributed by atoms with Gasteiger partial charge in [0.25, 0.3) is 0 Å². The number of ether oxygens (including phenoxy) is 1. The number of hydrogen-bond donors (Lipinski definition) is 2. The molecule has 0 aromatic carbocycles. The van der Waals surface area contributed by atoms with Crippen molar-refractivity contribution in [1.29, 1.82) is 0 Å². The highest BCUT2D eigenvalue weighted by molar-refractivity contribution is 5.85. The summed E-state index contributed by atoms with van der Waals surface area (Å²) in [6.07, 6.45) is 2.43. The molecule has 1 amide bonds. The SMILES string of the molecule is CC(C)OC(=O)C(C)CNC(=O)CNCC1CC1.Cl. The second-order valence-corrected chi connectivity index (χ2v) is 5.27. The molecule has 1 aliphatic rings. The fourth-order valence-electron chi connectivity index (χ4n) is 1.47. The molecule has 1 fully saturated rings. The summed E-state index contributed by atoms with van der Waals surface area (Å²) in [5.74, 6) is 0.119. The van der Waals surface area contributed by atoms with Gasteiger partial charge in [-0.1, -0.05) is 6.92 Å². The van der Waals surface area contributed by atoms with Gasteiger partial charge in [0.1, 0.15) is 0 Å². The Morgan fingerprint density at radius 2 is 1.89 bits per heavy atom. The third-order valence-electron chi connectivity index (χ3n) is 2.78. The minimum atomic E-state index is -0.306. The zero-order valence-corrected chi connectivity index (χ0v) is 12.7. The number of rotatable bonds is 8. The van der Waals surface area contributed by atoms with Gasteiger partial charge >= 0.3 is 5.97 Å². The van der Waals surface area contributed by atoms with Gasteiger partial charge in [0.15, 0.2) is 0 Å². The average Bonchev–Trinajstić information content (AvgIpc) is 3.08. The van der Waals surface area contributed by atoms with Gasteiger partial charge in [-0.3, -0.25) is 9.59 Å².